The van der Waals surface area contributed by atoms with Crippen molar-refractivity contribution in [1.29, 1.82) is 0 Å². The van der Waals surface area contributed by atoms with Gasteiger partial charge in [-0.05, 0) is 93.3 Å². The fraction of sp³-hybridized carbons (Fsp3) is 0.641. The lowest BCUT2D eigenvalue weighted by Crippen LogP contribution is -2.47. The Balaban J connectivity index is 1.72. The summed E-state index contributed by atoms with van der Waals surface area (Å²) in [5.74, 6) is 1.63. The average molecular weight is 683 g/mol. The van der Waals surface area contributed by atoms with Crippen LogP contribution in [-0.2, 0) is 33.3 Å². The molecule has 1 saturated carbocycles. The lowest BCUT2D eigenvalue weighted by atomic mass is 9.87. The summed E-state index contributed by atoms with van der Waals surface area (Å²) in [6.45, 7) is 18.5. The lowest BCUT2D eigenvalue weighted by molar-refractivity contribution is 0.0527. The van der Waals surface area contributed by atoms with Crippen LogP contribution in [0.2, 0.25) is 18.1 Å². The van der Waals surface area contributed by atoms with Crippen LogP contribution < -0.4 is 15.4 Å². The molecular formula is C39H62N2O6Si. The largest absolute Gasteiger partial charge is 0.493 e. The highest BCUT2D eigenvalue weighted by molar-refractivity contribution is 6.74. The minimum atomic E-state index is -2.06. The molecule has 0 heterocycles. The summed E-state index contributed by atoms with van der Waals surface area (Å²) in [5.41, 5.74) is 2.58. The normalized spacial score (nSPS) is 15.0. The molecule has 268 valence electrons. The van der Waals surface area contributed by atoms with Crippen LogP contribution in [0.4, 0.5) is 9.59 Å². The van der Waals surface area contributed by atoms with Crippen molar-refractivity contribution in [2.75, 3.05) is 19.8 Å². The monoisotopic (exact) mass is 682 g/mol. The van der Waals surface area contributed by atoms with Crippen LogP contribution in [0, 0.1) is 5.92 Å². The van der Waals surface area contributed by atoms with Gasteiger partial charge in [0, 0.05) is 6.54 Å². The van der Waals surface area contributed by atoms with Gasteiger partial charge in [0.05, 0.1) is 19.3 Å². The summed E-state index contributed by atoms with van der Waals surface area (Å²) >= 11 is 0. The molecule has 0 aromatic heterocycles. The second kappa shape index (κ2) is 18.6. The molecule has 0 radical (unpaired) electrons. The SMILES string of the molecule is CC(C)(C)OC(=O)NCCCc1cc(C[C@H](CO[Si](C)(C)C(C)(C)C)NC(=O)OCc2ccccc2)ccc1OCCC1CCCCC1. The average Bonchev–Trinajstić information content (AvgIpc) is 3.01. The lowest BCUT2D eigenvalue weighted by Gasteiger charge is -2.37. The Morgan fingerprint density at radius 3 is 2.29 bits per heavy atom. The standard InChI is InChI=1S/C39H62N2O6Si/c1-38(2,3)47-36(42)40-24-15-20-33-26-32(21-22-35(33)44-25-23-30-16-11-9-12-17-30)27-34(29-46-48(7,8)39(4,5)6)41-37(43)45-28-31-18-13-10-14-19-31/h10,13-14,18-19,21-22,26,30,34H,9,11-12,15-17,20,23-25,27-29H2,1-8H3,(H,40,42)(H,41,43)/t34-/m1/s1. The molecule has 0 unspecified atom stereocenters. The van der Waals surface area contributed by atoms with E-state index in [1.165, 1.54) is 32.1 Å². The van der Waals surface area contributed by atoms with E-state index in [9.17, 15) is 9.59 Å². The maximum atomic E-state index is 13.0. The number of hydrogen-bond acceptors (Lipinski definition) is 6. The predicted octanol–water partition coefficient (Wildman–Crippen LogP) is 9.35. The van der Waals surface area contributed by atoms with Crippen molar-refractivity contribution in [3.05, 3.63) is 65.2 Å². The molecule has 1 atom stereocenters. The van der Waals surface area contributed by atoms with Crippen molar-refractivity contribution in [2.45, 2.75) is 136 Å². The van der Waals surface area contributed by atoms with Gasteiger partial charge in [-0.2, -0.15) is 0 Å². The Bertz CT molecular complexity index is 1270. The second-order valence-corrected chi connectivity index (χ2v) is 20.6. The first-order valence-corrected chi connectivity index (χ1v) is 20.8. The Labute approximate surface area is 291 Å². The zero-order valence-corrected chi connectivity index (χ0v) is 31.9. The van der Waals surface area contributed by atoms with Gasteiger partial charge >= 0.3 is 12.2 Å². The first-order valence-electron chi connectivity index (χ1n) is 17.9. The number of ether oxygens (including phenoxy) is 3. The van der Waals surface area contributed by atoms with E-state index in [1.54, 1.807) is 0 Å². The van der Waals surface area contributed by atoms with E-state index < -0.39 is 26.1 Å². The summed E-state index contributed by atoms with van der Waals surface area (Å²) < 4.78 is 24.0. The number of carbonyl (C=O) groups excluding carboxylic acids is 2. The number of hydrogen-bond donors (Lipinski definition) is 2. The van der Waals surface area contributed by atoms with Gasteiger partial charge in [-0.1, -0.05) is 95.3 Å². The maximum absolute atomic E-state index is 13.0. The van der Waals surface area contributed by atoms with Crippen LogP contribution in [0.3, 0.4) is 0 Å². The quantitative estimate of drug-likeness (QED) is 0.135. The number of alkyl carbamates (subject to hydrolysis) is 2. The zero-order valence-electron chi connectivity index (χ0n) is 30.9. The molecule has 2 amide bonds. The molecule has 8 nitrogen and oxygen atoms in total. The van der Waals surface area contributed by atoms with Crippen LogP contribution in [0.25, 0.3) is 0 Å². The van der Waals surface area contributed by atoms with E-state index in [1.807, 2.05) is 51.1 Å². The molecule has 3 rings (SSSR count). The summed E-state index contributed by atoms with van der Waals surface area (Å²) in [7, 11) is -2.06. The Kier molecular flexibility index (Phi) is 15.3. The maximum Gasteiger partial charge on any atom is 0.407 e. The fourth-order valence-electron chi connectivity index (χ4n) is 5.58. The number of rotatable bonds is 16. The third-order valence-corrected chi connectivity index (χ3v) is 13.9. The highest BCUT2D eigenvalue weighted by atomic mass is 28.4. The van der Waals surface area contributed by atoms with Crippen molar-refractivity contribution < 1.29 is 28.2 Å². The van der Waals surface area contributed by atoms with Crippen molar-refractivity contribution in [2.24, 2.45) is 5.92 Å². The summed E-state index contributed by atoms with van der Waals surface area (Å²) in [5, 5.41) is 6.01. The Morgan fingerprint density at radius 1 is 0.917 bits per heavy atom. The minimum absolute atomic E-state index is 0.0441. The molecule has 0 bridgehead atoms. The first-order chi connectivity index (χ1) is 22.6. The third-order valence-electron chi connectivity index (χ3n) is 9.39. The van der Waals surface area contributed by atoms with E-state index >= 15 is 0 Å². The Morgan fingerprint density at radius 2 is 1.62 bits per heavy atom. The van der Waals surface area contributed by atoms with E-state index in [0.717, 1.165) is 47.6 Å². The number of carbonyl (C=O) groups is 2. The Hall–Kier alpha value is -3.04. The molecule has 1 aliphatic rings. The second-order valence-electron chi connectivity index (χ2n) is 15.8. The summed E-state index contributed by atoms with van der Waals surface area (Å²) in [4.78, 5) is 25.2. The van der Waals surface area contributed by atoms with Crippen LogP contribution >= 0.6 is 0 Å². The van der Waals surface area contributed by atoms with Crippen molar-refractivity contribution in [3.63, 3.8) is 0 Å². The van der Waals surface area contributed by atoms with Crippen LogP contribution in [0.1, 0.15) is 103 Å². The molecular weight excluding hydrogens is 621 g/mol. The van der Waals surface area contributed by atoms with E-state index in [-0.39, 0.29) is 17.7 Å². The van der Waals surface area contributed by atoms with Crippen LogP contribution in [0.5, 0.6) is 5.75 Å². The highest BCUT2D eigenvalue weighted by Gasteiger charge is 2.37. The van der Waals surface area contributed by atoms with Gasteiger partial charge in [0.15, 0.2) is 8.32 Å². The van der Waals surface area contributed by atoms with Gasteiger partial charge in [-0.3, -0.25) is 0 Å². The topological polar surface area (TPSA) is 95.1 Å². The zero-order chi connectivity index (χ0) is 35.2. The molecule has 48 heavy (non-hydrogen) atoms. The number of aryl methyl sites for hydroxylation is 1. The van der Waals surface area contributed by atoms with Gasteiger partial charge in [-0.15, -0.1) is 0 Å². The molecule has 0 spiro atoms. The van der Waals surface area contributed by atoms with Gasteiger partial charge in [0.2, 0.25) is 0 Å². The van der Waals surface area contributed by atoms with Crippen molar-refractivity contribution in [3.8, 4) is 5.75 Å². The molecule has 0 aliphatic heterocycles. The van der Waals surface area contributed by atoms with Crippen molar-refractivity contribution >= 4 is 20.5 Å². The molecule has 0 saturated heterocycles. The number of amides is 2. The summed E-state index contributed by atoms with van der Waals surface area (Å²) in [6, 6.07) is 15.7. The first kappa shape index (κ1) is 39.4. The van der Waals surface area contributed by atoms with Gasteiger partial charge < -0.3 is 29.3 Å². The molecule has 1 aliphatic carbocycles. The minimum Gasteiger partial charge on any atom is -0.493 e. The number of benzene rings is 2. The van der Waals surface area contributed by atoms with Crippen LogP contribution in [-0.4, -0.2) is 51.9 Å². The molecule has 2 aromatic rings. The number of nitrogens with one attached hydrogen (secondary N) is 2. The molecule has 1 fully saturated rings. The third kappa shape index (κ3) is 14.6. The van der Waals surface area contributed by atoms with Crippen molar-refractivity contribution in [1.82, 2.24) is 10.6 Å². The predicted molar refractivity (Wildman–Crippen MR) is 196 cm³/mol. The molecule has 2 aromatic carbocycles. The van der Waals surface area contributed by atoms with E-state index in [2.05, 4.69) is 62.7 Å². The molecule has 2 N–H and O–H groups in total. The van der Waals surface area contributed by atoms with E-state index in [0.29, 0.717) is 26.2 Å². The smallest absolute Gasteiger partial charge is 0.407 e. The van der Waals surface area contributed by atoms with Gasteiger partial charge in [0.25, 0.3) is 0 Å². The van der Waals surface area contributed by atoms with Crippen LogP contribution in [0.15, 0.2) is 48.5 Å². The summed E-state index contributed by atoms with van der Waals surface area (Å²) in [6.07, 6.45) is 8.85. The fourth-order valence-corrected chi connectivity index (χ4v) is 6.63. The van der Waals surface area contributed by atoms with Gasteiger partial charge in [0.1, 0.15) is 18.0 Å². The molecule has 9 heteroatoms. The van der Waals surface area contributed by atoms with Gasteiger partial charge in [-0.25, -0.2) is 9.59 Å². The van der Waals surface area contributed by atoms with E-state index in [4.69, 9.17) is 18.6 Å². The highest BCUT2D eigenvalue weighted by Crippen LogP contribution is 2.36.